The minimum absolute atomic E-state index is 0.293. The van der Waals surface area contributed by atoms with Crippen molar-refractivity contribution in [2.24, 2.45) is 0 Å². The SMILES string of the molecule is CC(C)c1ccc(CCNC(=O)CN2C(=O)NC(C)(c3cc(F)ccc3F)C2=O)cc1. The number of hydrogen-bond donors (Lipinski definition) is 2. The first-order chi connectivity index (χ1) is 14.6. The van der Waals surface area contributed by atoms with Gasteiger partial charge in [0.25, 0.3) is 5.91 Å². The lowest BCUT2D eigenvalue weighted by Crippen LogP contribution is -2.44. The Morgan fingerprint density at radius 2 is 1.81 bits per heavy atom. The van der Waals surface area contributed by atoms with Gasteiger partial charge in [0.15, 0.2) is 0 Å². The van der Waals surface area contributed by atoms with Gasteiger partial charge in [-0.15, -0.1) is 0 Å². The molecule has 1 aliphatic heterocycles. The van der Waals surface area contributed by atoms with Crippen LogP contribution in [0.4, 0.5) is 13.6 Å². The number of halogens is 2. The fourth-order valence-electron chi connectivity index (χ4n) is 3.52. The van der Waals surface area contributed by atoms with Gasteiger partial charge in [0.05, 0.1) is 0 Å². The summed E-state index contributed by atoms with van der Waals surface area (Å²) in [7, 11) is 0. The van der Waals surface area contributed by atoms with Crippen molar-refractivity contribution in [2.45, 2.75) is 38.6 Å². The first-order valence-electron chi connectivity index (χ1n) is 10.1. The molecule has 164 valence electrons. The van der Waals surface area contributed by atoms with Gasteiger partial charge in [-0.3, -0.25) is 14.5 Å². The van der Waals surface area contributed by atoms with Gasteiger partial charge in [0, 0.05) is 12.1 Å². The van der Waals surface area contributed by atoms with E-state index in [1.54, 1.807) is 0 Å². The second-order valence-corrected chi connectivity index (χ2v) is 8.07. The van der Waals surface area contributed by atoms with E-state index in [0.717, 1.165) is 23.8 Å². The monoisotopic (exact) mass is 429 g/mol. The summed E-state index contributed by atoms with van der Waals surface area (Å²) >= 11 is 0. The minimum Gasteiger partial charge on any atom is -0.354 e. The molecule has 0 radical (unpaired) electrons. The molecule has 3 rings (SSSR count). The molecule has 1 unspecified atom stereocenters. The molecular formula is C23H25F2N3O3. The van der Waals surface area contributed by atoms with Crippen LogP contribution in [0.25, 0.3) is 0 Å². The van der Waals surface area contributed by atoms with Crippen LogP contribution in [0.15, 0.2) is 42.5 Å². The molecule has 0 aliphatic carbocycles. The predicted octanol–water partition coefficient (Wildman–Crippen LogP) is 3.21. The molecule has 1 aliphatic rings. The Balaban J connectivity index is 1.59. The van der Waals surface area contributed by atoms with E-state index in [1.165, 1.54) is 12.5 Å². The number of nitrogens with zero attached hydrogens (tertiary/aromatic N) is 1. The fourth-order valence-corrected chi connectivity index (χ4v) is 3.52. The lowest BCUT2D eigenvalue weighted by Gasteiger charge is -2.22. The quantitative estimate of drug-likeness (QED) is 0.664. The third-order valence-electron chi connectivity index (χ3n) is 5.43. The molecule has 6 nitrogen and oxygen atoms in total. The number of nitrogens with one attached hydrogen (secondary N) is 2. The number of hydrogen-bond acceptors (Lipinski definition) is 3. The normalized spacial score (nSPS) is 18.5. The van der Waals surface area contributed by atoms with Crippen molar-refractivity contribution in [1.82, 2.24) is 15.5 Å². The minimum atomic E-state index is -1.79. The maximum atomic E-state index is 14.2. The van der Waals surface area contributed by atoms with E-state index in [1.807, 2.05) is 24.3 Å². The highest BCUT2D eigenvalue weighted by Gasteiger charge is 2.50. The maximum absolute atomic E-state index is 14.2. The van der Waals surface area contributed by atoms with Gasteiger partial charge >= 0.3 is 6.03 Å². The van der Waals surface area contributed by atoms with E-state index >= 15 is 0 Å². The van der Waals surface area contributed by atoms with Crippen LogP contribution in [0, 0.1) is 11.6 Å². The van der Waals surface area contributed by atoms with E-state index in [9.17, 15) is 23.2 Å². The number of benzene rings is 2. The van der Waals surface area contributed by atoms with Crippen LogP contribution in [-0.4, -0.2) is 35.8 Å². The zero-order valence-electron chi connectivity index (χ0n) is 17.7. The van der Waals surface area contributed by atoms with Crippen molar-refractivity contribution in [3.63, 3.8) is 0 Å². The molecule has 0 aromatic heterocycles. The lowest BCUT2D eigenvalue weighted by molar-refractivity contribution is -0.134. The van der Waals surface area contributed by atoms with Crippen molar-refractivity contribution >= 4 is 17.8 Å². The number of imide groups is 1. The summed E-state index contributed by atoms with van der Waals surface area (Å²) in [6.07, 6.45) is 0.594. The summed E-state index contributed by atoms with van der Waals surface area (Å²) in [5.74, 6) is -2.47. The van der Waals surface area contributed by atoms with E-state index in [4.69, 9.17) is 0 Å². The summed E-state index contributed by atoms with van der Waals surface area (Å²) in [6.45, 7) is 5.32. The molecule has 2 aromatic rings. The average molecular weight is 429 g/mol. The van der Waals surface area contributed by atoms with Gasteiger partial charge in [-0.1, -0.05) is 38.1 Å². The van der Waals surface area contributed by atoms with Crippen molar-refractivity contribution in [1.29, 1.82) is 0 Å². The molecule has 1 saturated heterocycles. The van der Waals surface area contributed by atoms with Gasteiger partial charge in [-0.2, -0.15) is 0 Å². The standard InChI is InChI=1S/C23H25F2N3O3/c1-14(2)16-6-4-15(5-7-16)10-11-26-20(29)13-28-21(30)23(3,27-22(28)31)18-12-17(24)8-9-19(18)25/h4-9,12,14H,10-11,13H2,1-3H3,(H,26,29)(H,27,31). The Labute approximate surface area is 179 Å². The van der Waals surface area contributed by atoms with Crippen LogP contribution >= 0.6 is 0 Å². The Bertz CT molecular complexity index is 1010. The predicted molar refractivity (Wildman–Crippen MR) is 111 cm³/mol. The van der Waals surface area contributed by atoms with Crippen LogP contribution in [-0.2, 0) is 21.5 Å². The molecule has 1 heterocycles. The van der Waals surface area contributed by atoms with Gasteiger partial charge in [0.2, 0.25) is 5.91 Å². The van der Waals surface area contributed by atoms with Crippen molar-refractivity contribution in [3.8, 4) is 0 Å². The topological polar surface area (TPSA) is 78.5 Å². The fraction of sp³-hybridized carbons (Fsp3) is 0.348. The van der Waals surface area contributed by atoms with E-state index in [2.05, 4.69) is 24.5 Å². The second kappa shape index (κ2) is 8.83. The molecule has 0 spiro atoms. The molecule has 1 atom stereocenters. The average Bonchev–Trinajstić information content (AvgIpc) is 2.94. The van der Waals surface area contributed by atoms with Gasteiger partial charge in [0.1, 0.15) is 23.7 Å². The lowest BCUT2D eigenvalue weighted by atomic mass is 9.91. The Hall–Kier alpha value is -3.29. The third-order valence-corrected chi connectivity index (χ3v) is 5.43. The molecule has 0 bridgehead atoms. The van der Waals surface area contributed by atoms with Crippen molar-refractivity contribution in [2.75, 3.05) is 13.1 Å². The summed E-state index contributed by atoms with van der Waals surface area (Å²) < 4.78 is 27.8. The molecule has 1 fully saturated rings. The van der Waals surface area contributed by atoms with Crippen LogP contribution < -0.4 is 10.6 Å². The van der Waals surface area contributed by atoms with E-state index in [0.29, 0.717) is 23.8 Å². The smallest absolute Gasteiger partial charge is 0.325 e. The number of carbonyl (C=O) groups is 3. The van der Waals surface area contributed by atoms with Crippen LogP contribution in [0.3, 0.4) is 0 Å². The summed E-state index contributed by atoms with van der Waals surface area (Å²) in [4.78, 5) is 38.1. The zero-order valence-corrected chi connectivity index (χ0v) is 17.7. The highest BCUT2D eigenvalue weighted by atomic mass is 19.1. The summed E-state index contributed by atoms with van der Waals surface area (Å²) in [6, 6.07) is 9.92. The van der Waals surface area contributed by atoms with E-state index < -0.39 is 41.6 Å². The Kier molecular flexibility index (Phi) is 6.38. The molecule has 0 saturated carbocycles. The molecule has 2 N–H and O–H groups in total. The van der Waals surface area contributed by atoms with E-state index in [-0.39, 0.29) is 5.56 Å². The highest BCUT2D eigenvalue weighted by molar-refractivity contribution is 6.09. The molecule has 31 heavy (non-hydrogen) atoms. The summed E-state index contributed by atoms with van der Waals surface area (Å²) in [5, 5.41) is 5.04. The molecule has 4 amide bonds. The Morgan fingerprint density at radius 3 is 2.45 bits per heavy atom. The van der Waals surface area contributed by atoms with Gasteiger partial charge in [-0.25, -0.2) is 13.6 Å². The highest BCUT2D eigenvalue weighted by Crippen LogP contribution is 2.31. The number of carbonyl (C=O) groups excluding carboxylic acids is 3. The van der Waals surface area contributed by atoms with Crippen LogP contribution in [0.1, 0.15) is 43.4 Å². The Morgan fingerprint density at radius 1 is 1.13 bits per heavy atom. The third kappa shape index (κ3) is 4.73. The zero-order chi connectivity index (χ0) is 22.8. The number of rotatable bonds is 7. The number of amides is 4. The second-order valence-electron chi connectivity index (χ2n) is 8.07. The maximum Gasteiger partial charge on any atom is 0.325 e. The van der Waals surface area contributed by atoms with Crippen molar-refractivity contribution in [3.05, 3.63) is 70.8 Å². The first kappa shape index (κ1) is 22.4. The van der Waals surface area contributed by atoms with Crippen LogP contribution in [0.5, 0.6) is 0 Å². The van der Waals surface area contributed by atoms with Gasteiger partial charge < -0.3 is 10.6 Å². The molecule has 8 heteroatoms. The number of urea groups is 1. The first-order valence-corrected chi connectivity index (χ1v) is 10.1. The van der Waals surface area contributed by atoms with Crippen molar-refractivity contribution < 1.29 is 23.2 Å². The van der Waals surface area contributed by atoms with Gasteiger partial charge in [-0.05, 0) is 48.6 Å². The molecule has 2 aromatic carbocycles. The molecular weight excluding hydrogens is 404 g/mol. The van der Waals surface area contributed by atoms with Crippen LogP contribution in [0.2, 0.25) is 0 Å². The largest absolute Gasteiger partial charge is 0.354 e. The summed E-state index contributed by atoms with van der Waals surface area (Å²) in [5.41, 5.74) is 0.193.